The topological polar surface area (TPSA) is 74.7 Å². The first-order valence-corrected chi connectivity index (χ1v) is 7.81. The van der Waals surface area contributed by atoms with Gasteiger partial charge in [0.1, 0.15) is 16.3 Å². The summed E-state index contributed by atoms with van der Waals surface area (Å²) in [7, 11) is -2.91. The molecule has 0 spiro atoms. The molecule has 5 nitrogen and oxygen atoms in total. The molecule has 116 valence electrons. The van der Waals surface area contributed by atoms with Gasteiger partial charge in [-0.2, -0.15) is 4.31 Å². The van der Waals surface area contributed by atoms with Crippen LogP contribution in [0.3, 0.4) is 0 Å². The first-order chi connectivity index (χ1) is 9.67. The van der Waals surface area contributed by atoms with E-state index in [0.29, 0.717) is 6.07 Å². The summed E-state index contributed by atoms with van der Waals surface area (Å²) in [5.74, 6) is -4.51. The highest BCUT2D eigenvalue weighted by atomic mass is 32.2. The van der Waals surface area contributed by atoms with E-state index in [1.54, 1.807) is 6.92 Å². The Morgan fingerprint density at radius 3 is 2.43 bits per heavy atom. The van der Waals surface area contributed by atoms with Crippen LogP contribution in [-0.4, -0.2) is 36.9 Å². The molecular formula is C13H15F2NO4S. The Labute approximate surface area is 121 Å². The summed E-state index contributed by atoms with van der Waals surface area (Å²) in [5.41, 5.74) is -1.26. The lowest BCUT2D eigenvalue weighted by atomic mass is 10.2. The van der Waals surface area contributed by atoms with Gasteiger partial charge in [0.2, 0.25) is 10.0 Å². The van der Waals surface area contributed by atoms with Crippen LogP contribution in [0.2, 0.25) is 0 Å². The van der Waals surface area contributed by atoms with Crippen molar-refractivity contribution in [2.24, 2.45) is 5.92 Å². The zero-order chi connectivity index (χ0) is 15.9. The van der Waals surface area contributed by atoms with Crippen molar-refractivity contribution in [2.45, 2.75) is 30.7 Å². The molecule has 1 saturated carbocycles. The van der Waals surface area contributed by atoms with E-state index in [1.165, 1.54) is 7.05 Å². The van der Waals surface area contributed by atoms with Crippen molar-refractivity contribution < 1.29 is 27.1 Å². The SMILES string of the molecule is CC(C1CC1)N(C)S(=O)(=O)c1ccc(F)c(C(=O)O)c1F. The normalized spacial score (nSPS) is 17.0. The van der Waals surface area contributed by atoms with Gasteiger partial charge in [0, 0.05) is 13.1 Å². The van der Waals surface area contributed by atoms with Gasteiger partial charge in [0.05, 0.1) is 0 Å². The Hall–Kier alpha value is -1.54. The number of sulfonamides is 1. The monoisotopic (exact) mass is 319 g/mol. The van der Waals surface area contributed by atoms with Gasteiger partial charge >= 0.3 is 5.97 Å². The van der Waals surface area contributed by atoms with E-state index in [-0.39, 0.29) is 12.0 Å². The van der Waals surface area contributed by atoms with Crippen molar-refractivity contribution in [3.05, 3.63) is 29.3 Å². The van der Waals surface area contributed by atoms with E-state index in [0.717, 1.165) is 23.2 Å². The Bertz CT molecular complexity index is 686. The zero-order valence-electron chi connectivity index (χ0n) is 11.5. The van der Waals surface area contributed by atoms with Gasteiger partial charge in [-0.1, -0.05) is 0 Å². The lowest BCUT2D eigenvalue weighted by Gasteiger charge is -2.24. The fourth-order valence-corrected chi connectivity index (χ4v) is 3.67. The Morgan fingerprint density at radius 2 is 1.95 bits per heavy atom. The molecule has 0 saturated heterocycles. The molecule has 1 N–H and O–H groups in total. The molecule has 1 aliphatic rings. The molecule has 0 heterocycles. The molecule has 0 radical (unpaired) electrons. The molecule has 21 heavy (non-hydrogen) atoms. The van der Waals surface area contributed by atoms with Gasteiger partial charge in [-0.15, -0.1) is 0 Å². The summed E-state index contributed by atoms with van der Waals surface area (Å²) in [4.78, 5) is 10.0. The molecule has 1 unspecified atom stereocenters. The van der Waals surface area contributed by atoms with Crippen LogP contribution in [0.15, 0.2) is 17.0 Å². The van der Waals surface area contributed by atoms with Crippen molar-refractivity contribution in [3.63, 3.8) is 0 Å². The number of carboxylic acids is 1. The molecule has 1 aromatic rings. The molecule has 0 bridgehead atoms. The maximum absolute atomic E-state index is 14.1. The molecule has 1 aliphatic carbocycles. The maximum Gasteiger partial charge on any atom is 0.341 e. The molecule has 0 aromatic heterocycles. The van der Waals surface area contributed by atoms with E-state index in [2.05, 4.69) is 0 Å². The number of halogens is 2. The number of carboxylic acid groups (broad SMARTS) is 1. The van der Waals surface area contributed by atoms with Crippen molar-refractivity contribution >= 4 is 16.0 Å². The minimum absolute atomic E-state index is 0.215. The van der Waals surface area contributed by atoms with Crippen LogP contribution in [0, 0.1) is 17.6 Å². The molecule has 2 rings (SSSR count). The molecule has 8 heteroatoms. The van der Waals surface area contributed by atoms with E-state index >= 15 is 0 Å². The second-order valence-corrected chi connectivity index (χ2v) is 7.10. The second kappa shape index (κ2) is 5.34. The number of nitrogens with zero attached hydrogens (tertiary/aromatic N) is 1. The van der Waals surface area contributed by atoms with Crippen molar-refractivity contribution in [1.82, 2.24) is 4.31 Å². The largest absolute Gasteiger partial charge is 0.477 e. The fourth-order valence-electron chi connectivity index (χ4n) is 2.18. The lowest BCUT2D eigenvalue weighted by molar-refractivity contribution is 0.0685. The first-order valence-electron chi connectivity index (χ1n) is 6.37. The van der Waals surface area contributed by atoms with E-state index in [4.69, 9.17) is 5.11 Å². The number of benzene rings is 1. The third-order valence-electron chi connectivity index (χ3n) is 3.80. The summed E-state index contributed by atoms with van der Waals surface area (Å²) in [5, 5.41) is 8.79. The van der Waals surface area contributed by atoms with Crippen molar-refractivity contribution in [2.75, 3.05) is 7.05 Å². The van der Waals surface area contributed by atoms with Gasteiger partial charge in [-0.25, -0.2) is 22.0 Å². The summed E-state index contributed by atoms with van der Waals surface area (Å²) in [6.07, 6.45) is 1.79. The van der Waals surface area contributed by atoms with Crippen molar-refractivity contribution in [3.8, 4) is 0 Å². The lowest BCUT2D eigenvalue weighted by Crippen LogP contribution is -2.37. The predicted octanol–water partition coefficient (Wildman–Crippen LogP) is 2.08. The average Bonchev–Trinajstić information content (AvgIpc) is 3.20. The zero-order valence-corrected chi connectivity index (χ0v) is 12.3. The van der Waals surface area contributed by atoms with Gasteiger partial charge < -0.3 is 5.11 Å². The Kier molecular flexibility index (Phi) is 4.03. The minimum Gasteiger partial charge on any atom is -0.477 e. The molecule has 1 fully saturated rings. The predicted molar refractivity (Wildman–Crippen MR) is 70.5 cm³/mol. The third kappa shape index (κ3) is 2.77. The number of hydrogen-bond donors (Lipinski definition) is 1. The maximum atomic E-state index is 14.1. The van der Waals surface area contributed by atoms with Crippen LogP contribution in [0.25, 0.3) is 0 Å². The number of hydrogen-bond acceptors (Lipinski definition) is 3. The first kappa shape index (κ1) is 15.8. The summed E-state index contributed by atoms with van der Waals surface area (Å²) in [6, 6.07) is 1.07. The van der Waals surface area contributed by atoms with Crippen LogP contribution < -0.4 is 0 Å². The molecule has 1 atom stereocenters. The van der Waals surface area contributed by atoms with E-state index in [9.17, 15) is 22.0 Å². The Balaban J connectivity index is 2.50. The van der Waals surface area contributed by atoms with Gasteiger partial charge in [-0.3, -0.25) is 0 Å². The van der Waals surface area contributed by atoms with Gasteiger partial charge in [0.15, 0.2) is 5.82 Å². The minimum atomic E-state index is -4.22. The molecule has 0 amide bonds. The molecular weight excluding hydrogens is 304 g/mol. The van der Waals surface area contributed by atoms with E-state index in [1.807, 2.05) is 0 Å². The number of rotatable bonds is 5. The second-order valence-electron chi connectivity index (χ2n) is 5.14. The van der Waals surface area contributed by atoms with Crippen molar-refractivity contribution in [1.29, 1.82) is 0 Å². The van der Waals surface area contributed by atoms with Crippen LogP contribution in [0.1, 0.15) is 30.1 Å². The van der Waals surface area contributed by atoms with Crippen LogP contribution >= 0.6 is 0 Å². The highest BCUT2D eigenvalue weighted by molar-refractivity contribution is 7.89. The van der Waals surface area contributed by atoms with E-state index < -0.39 is 38.1 Å². The van der Waals surface area contributed by atoms with Crippen LogP contribution in [0.4, 0.5) is 8.78 Å². The smallest absolute Gasteiger partial charge is 0.341 e. The summed E-state index contributed by atoms with van der Waals surface area (Å²) >= 11 is 0. The average molecular weight is 319 g/mol. The summed E-state index contributed by atoms with van der Waals surface area (Å²) in [6.45, 7) is 1.70. The molecule has 0 aliphatic heterocycles. The molecule has 1 aromatic carbocycles. The third-order valence-corrected chi connectivity index (χ3v) is 5.77. The van der Waals surface area contributed by atoms with Gasteiger partial charge in [-0.05, 0) is 37.8 Å². The van der Waals surface area contributed by atoms with Crippen LogP contribution in [0.5, 0.6) is 0 Å². The highest BCUT2D eigenvalue weighted by Gasteiger charge is 2.38. The number of aromatic carboxylic acids is 1. The Morgan fingerprint density at radius 1 is 1.38 bits per heavy atom. The fraction of sp³-hybridized carbons (Fsp3) is 0.462. The highest BCUT2D eigenvalue weighted by Crippen LogP contribution is 2.36. The quantitative estimate of drug-likeness (QED) is 0.901. The standard InChI is InChI=1S/C13H15F2NO4S/c1-7(8-3-4-8)16(2)21(19,20)10-6-5-9(14)11(12(10)15)13(17)18/h5-8H,3-4H2,1-2H3,(H,17,18). The van der Waals surface area contributed by atoms with Gasteiger partial charge in [0.25, 0.3) is 0 Å². The summed E-state index contributed by atoms with van der Waals surface area (Å²) < 4.78 is 53.2. The number of carbonyl (C=O) groups is 1. The van der Waals surface area contributed by atoms with Crippen LogP contribution in [-0.2, 0) is 10.0 Å².